The predicted octanol–water partition coefficient (Wildman–Crippen LogP) is 3.50. The molecule has 1 atom stereocenters. The number of furan rings is 1. The summed E-state index contributed by atoms with van der Waals surface area (Å²) in [6.07, 6.45) is 1.52. The average molecular weight is 250 g/mol. The van der Waals surface area contributed by atoms with Crippen LogP contribution in [0.5, 0.6) is 0 Å². The zero-order valence-corrected chi connectivity index (χ0v) is 9.59. The van der Waals surface area contributed by atoms with Gasteiger partial charge in [0.1, 0.15) is 17.3 Å². The monoisotopic (exact) mass is 250 g/mol. The Morgan fingerprint density at radius 1 is 1.44 bits per heavy atom. The third kappa shape index (κ3) is 2.48. The summed E-state index contributed by atoms with van der Waals surface area (Å²) in [4.78, 5) is 10.2. The molecule has 1 aromatic heterocycles. The fraction of sp³-hybridized carbons (Fsp3) is 0.167. The molecule has 5 nitrogen and oxygen atoms in total. The number of benzene rings is 1. The van der Waals surface area contributed by atoms with Gasteiger partial charge in [-0.1, -0.05) is 0 Å². The maximum Gasteiger partial charge on any atom is 0.295 e. The van der Waals surface area contributed by atoms with Crippen molar-refractivity contribution in [1.82, 2.24) is 0 Å². The van der Waals surface area contributed by atoms with E-state index >= 15 is 0 Å². The van der Waals surface area contributed by atoms with Crippen molar-refractivity contribution in [1.29, 1.82) is 0 Å². The first-order chi connectivity index (χ1) is 8.58. The highest BCUT2D eigenvalue weighted by atomic mass is 19.1. The molecule has 2 rings (SSSR count). The van der Waals surface area contributed by atoms with Crippen molar-refractivity contribution in [3.63, 3.8) is 0 Å². The maximum atomic E-state index is 13.0. The number of rotatable bonds is 4. The summed E-state index contributed by atoms with van der Waals surface area (Å²) in [5.74, 6) is 0.00604. The van der Waals surface area contributed by atoms with E-state index in [0.717, 1.165) is 6.07 Å². The molecule has 2 aromatic rings. The summed E-state index contributed by atoms with van der Waals surface area (Å²) >= 11 is 0. The van der Waals surface area contributed by atoms with E-state index in [1.165, 1.54) is 18.4 Å². The molecule has 0 radical (unpaired) electrons. The Labute approximate surface area is 102 Å². The highest BCUT2D eigenvalue weighted by Gasteiger charge is 2.17. The van der Waals surface area contributed by atoms with Crippen LogP contribution < -0.4 is 5.32 Å². The lowest BCUT2D eigenvalue weighted by Crippen LogP contribution is -2.07. The van der Waals surface area contributed by atoms with Crippen molar-refractivity contribution in [2.45, 2.75) is 13.0 Å². The van der Waals surface area contributed by atoms with Gasteiger partial charge in [-0.25, -0.2) is 4.39 Å². The van der Waals surface area contributed by atoms with Gasteiger partial charge in [0, 0.05) is 0 Å². The molecule has 0 fully saturated rings. The second kappa shape index (κ2) is 4.87. The number of nitro benzene ring substituents is 1. The van der Waals surface area contributed by atoms with Crippen molar-refractivity contribution in [3.05, 3.63) is 58.3 Å². The molecule has 1 aromatic carbocycles. The van der Waals surface area contributed by atoms with Crippen LogP contribution in [0.3, 0.4) is 0 Å². The molecule has 1 heterocycles. The van der Waals surface area contributed by atoms with Crippen LogP contribution in [0.15, 0.2) is 41.0 Å². The average Bonchev–Trinajstić information content (AvgIpc) is 2.84. The van der Waals surface area contributed by atoms with Gasteiger partial charge >= 0.3 is 0 Å². The van der Waals surface area contributed by atoms with E-state index in [9.17, 15) is 14.5 Å². The minimum atomic E-state index is -0.641. The third-order valence-electron chi connectivity index (χ3n) is 2.50. The quantitative estimate of drug-likeness (QED) is 0.666. The zero-order valence-electron chi connectivity index (χ0n) is 9.59. The van der Waals surface area contributed by atoms with E-state index in [1.54, 1.807) is 19.1 Å². The number of nitro groups is 1. The Balaban J connectivity index is 2.26. The lowest BCUT2D eigenvalue weighted by atomic mass is 10.2. The van der Waals surface area contributed by atoms with Gasteiger partial charge in [-0.15, -0.1) is 0 Å². The van der Waals surface area contributed by atoms with Gasteiger partial charge in [-0.05, 0) is 31.2 Å². The van der Waals surface area contributed by atoms with Crippen molar-refractivity contribution in [2.24, 2.45) is 0 Å². The molecule has 0 aliphatic rings. The largest absolute Gasteiger partial charge is 0.467 e. The van der Waals surface area contributed by atoms with Crippen molar-refractivity contribution in [2.75, 3.05) is 5.32 Å². The maximum absolute atomic E-state index is 13.0. The van der Waals surface area contributed by atoms with E-state index < -0.39 is 10.7 Å². The van der Waals surface area contributed by atoms with Crippen LogP contribution in [-0.2, 0) is 0 Å². The first kappa shape index (κ1) is 12.1. The Hall–Kier alpha value is -2.37. The van der Waals surface area contributed by atoms with Gasteiger partial charge in [0.25, 0.3) is 5.69 Å². The molecule has 94 valence electrons. The second-order valence-corrected chi connectivity index (χ2v) is 3.80. The molecule has 18 heavy (non-hydrogen) atoms. The first-order valence-electron chi connectivity index (χ1n) is 5.32. The Bertz CT molecular complexity index is 554. The van der Waals surface area contributed by atoms with E-state index in [4.69, 9.17) is 4.42 Å². The van der Waals surface area contributed by atoms with Gasteiger partial charge in [-0.3, -0.25) is 10.1 Å². The lowest BCUT2D eigenvalue weighted by Gasteiger charge is -2.12. The van der Waals surface area contributed by atoms with Crippen molar-refractivity contribution in [3.8, 4) is 0 Å². The van der Waals surface area contributed by atoms with E-state index in [0.29, 0.717) is 5.76 Å². The number of halogens is 1. The fourth-order valence-electron chi connectivity index (χ4n) is 1.62. The number of hydrogen-bond acceptors (Lipinski definition) is 4. The van der Waals surface area contributed by atoms with Gasteiger partial charge in [0.05, 0.1) is 23.3 Å². The van der Waals surface area contributed by atoms with Crippen LogP contribution in [0, 0.1) is 15.9 Å². The standard InChI is InChI=1S/C12H11FN2O3/c1-8(12-3-2-6-18-12)14-10-5-4-9(13)7-11(10)15(16)17/h2-8,14H,1H3. The normalized spacial score (nSPS) is 12.1. The summed E-state index contributed by atoms with van der Waals surface area (Å²) in [6, 6.07) is 6.64. The summed E-state index contributed by atoms with van der Waals surface area (Å²) in [5, 5.41) is 13.7. The molecular weight excluding hydrogens is 239 g/mol. The SMILES string of the molecule is CC(Nc1ccc(F)cc1[N+](=O)[O-])c1ccco1. The minimum absolute atomic E-state index is 0.246. The first-order valence-corrected chi connectivity index (χ1v) is 5.32. The zero-order chi connectivity index (χ0) is 13.1. The van der Waals surface area contributed by atoms with Crippen LogP contribution in [0.25, 0.3) is 0 Å². The molecule has 6 heteroatoms. The molecule has 0 spiro atoms. The molecular formula is C12H11FN2O3. The minimum Gasteiger partial charge on any atom is -0.467 e. The summed E-state index contributed by atoms with van der Waals surface area (Å²) in [5.41, 5.74) is -0.0429. The summed E-state index contributed by atoms with van der Waals surface area (Å²) < 4.78 is 18.2. The molecule has 1 unspecified atom stereocenters. The molecule has 0 amide bonds. The van der Waals surface area contributed by atoms with Gasteiger partial charge in [-0.2, -0.15) is 0 Å². The lowest BCUT2D eigenvalue weighted by molar-refractivity contribution is -0.384. The number of anilines is 1. The van der Waals surface area contributed by atoms with Crippen LogP contribution in [0.2, 0.25) is 0 Å². The Kier molecular flexibility index (Phi) is 3.27. The smallest absolute Gasteiger partial charge is 0.295 e. The molecule has 0 bridgehead atoms. The molecule has 0 aliphatic heterocycles. The summed E-state index contributed by atoms with van der Waals surface area (Å²) in [6.45, 7) is 1.80. The van der Waals surface area contributed by atoms with Gasteiger partial charge in [0.2, 0.25) is 0 Å². The van der Waals surface area contributed by atoms with E-state index in [2.05, 4.69) is 5.32 Å². The number of hydrogen-bond donors (Lipinski definition) is 1. The second-order valence-electron chi connectivity index (χ2n) is 3.80. The van der Waals surface area contributed by atoms with Crippen LogP contribution in [0.1, 0.15) is 18.7 Å². The molecule has 1 N–H and O–H groups in total. The van der Waals surface area contributed by atoms with Gasteiger partial charge < -0.3 is 9.73 Å². The number of nitrogens with one attached hydrogen (secondary N) is 1. The van der Waals surface area contributed by atoms with Crippen LogP contribution in [0.4, 0.5) is 15.8 Å². The van der Waals surface area contributed by atoms with Crippen molar-refractivity contribution >= 4 is 11.4 Å². The predicted molar refractivity (Wildman–Crippen MR) is 63.8 cm³/mol. The molecule has 0 aliphatic carbocycles. The Morgan fingerprint density at radius 3 is 2.83 bits per heavy atom. The molecule has 0 saturated heterocycles. The number of nitrogens with zero attached hydrogens (tertiary/aromatic N) is 1. The van der Waals surface area contributed by atoms with Crippen LogP contribution >= 0.6 is 0 Å². The van der Waals surface area contributed by atoms with E-state index in [-0.39, 0.29) is 17.4 Å². The fourth-order valence-corrected chi connectivity index (χ4v) is 1.62. The van der Waals surface area contributed by atoms with Gasteiger partial charge in [0.15, 0.2) is 0 Å². The van der Waals surface area contributed by atoms with Crippen LogP contribution in [-0.4, -0.2) is 4.92 Å². The van der Waals surface area contributed by atoms with Crippen molar-refractivity contribution < 1.29 is 13.7 Å². The molecule has 0 saturated carbocycles. The third-order valence-corrected chi connectivity index (χ3v) is 2.50. The van der Waals surface area contributed by atoms with E-state index in [1.807, 2.05) is 0 Å². The Morgan fingerprint density at radius 2 is 2.22 bits per heavy atom. The highest BCUT2D eigenvalue weighted by molar-refractivity contribution is 5.62. The topological polar surface area (TPSA) is 68.3 Å². The summed E-state index contributed by atoms with van der Waals surface area (Å²) in [7, 11) is 0. The highest BCUT2D eigenvalue weighted by Crippen LogP contribution is 2.28.